The Morgan fingerprint density at radius 3 is 2.15 bits per heavy atom. The van der Waals surface area contributed by atoms with Crippen LogP contribution in [0.2, 0.25) is 0 Å². The van der Waals surface area contributed by atoms with E-state index in [1.54, 1.807) is 30.5 Å². The molecule has 3 aromatic carbocycles. The molecule has 1 amide bonds. The SMILES string of the molecule is O=C(Cl)N(/N=C/c1ccccc1)c1ccc(OCc2ccccc2)cc1. The minimum atomic E-state index is -0.685. The standard InChI is InChI=1S/C21H17ClN2O2/c22-21(25)24(23-15-17-7-3-1-4-8-17)19-11-13-20(14-12-19)26-16-18-9-5-2-6-10-18/h1-15H,16H2/b23-15+. The van der Waals surface area contributed by atoms with Crippen LogP contribution < -0.4 is 9.75 Å². The molecule has 0 bridgehead atoms. The van der Waals surface area contributed by atoms with Crippen molar-refractivity contribution in [3.8, 4) is 5.75 Å². The minimum Gasteiger partial charge on any atom is -0.489 e. The molecule has 0 aliphatic rings. The van der Waals surface area contributed by atoms with Crippen LogP contribution in [0.15, 0.2) is 90.0 Å². The summed E-state index contributed by atoms with van der Waals surface area (Å²) in [5.41, 5.74) is 2.52. The second kappa shape index (κ2) is 8.83. The molecule has 3 rings (SSSR count). The molecule has 0 aliphatic heterocycles. The number of rotatable bonds is 6. The van der Waals surface area contributed by atoms with Gasteiger partial charge in [-0.1, -0.05) is 60.7 Å². The van der Waals surface area contributed by atoms with Gasteiger partial charge < -0.3 is 4.74 Å². The quantitative estimate of drug-likeness (QED) is 0.252. The van der Waals surface area contributed by atoms with Crippen LogP contribution in [0.5, 0.6) is 5.75 Å². The average Bonchev–Trinajstić information content (AvgIpc) is 2.69. The number of benzene rings is 3. The van der Waals surface area contributed by atoms with Gasteiger partial charge in [0.1, 0.15) is 12.4 Å². The maximum absolute atomic E-state index is 11.7. The summed E-state index contributed by atoms with van der Waals surface area (Å²) in [6.07, 6.45) is 1.58. The van der Waals surface area contributed by atoms with Gasteiger partial charge in [0.2, 0.25) is 0 Å². The minimum absolute atomic E-state index is 0.477. The Bertz CT molecular complexity index is 866. The fourth-order valence-electron chi connectivity index (χ4n) is 2.30. The van der Waals surface area contributed by atoms with Gasteiger partial charge in [-0.15, -0.1) is 0 Å². The largest absolute Gasteiger partial charge is 0.489 e. The van der Waals surface area contributed by atoms with Crippen molar-refractivity contribution in [3.05, 3.63) is 96.1 Å². The molecular formula is C21H17ClN2O2. The third-order valence-corrected chi connectivity index (χ3v) is 3.78. The van der Waals surface area contributed by atoms with Crippen LogP contribution in [-0.2, 0) is 6.61 Å². The van der Waals surface area contributed by atoms with E-state index >= 15 is 0 Å². The number of hydrogen-bond donors (Lipinski definition) is 0. The number of ether oxygens (including phenoxy) is 1. The molecule has 0 fully saturated rings. The number of amides is 1. The lowest BCUT2D eigenvalue weighted by atomic mass is 10.2. The predicted molar refractivity (Wildman–Crippen MR) is 105 cm³/mol. The van der Waals surface area contributed by atoms with E-state index in [0.29, 0.717) is 18.0 Å². The van der Waals surface area contributed by atoms with Crippen LogP contribution in [0.1, 0.15) is 11.1 Å². The third-order valence-electron chi connectivity index (χ3n) is 3.62. The molecule has 0 unspecified atom stereocenters. The Balaban J connectivity index is 1.68. The van der Waals surface area contributed by atoms with E-state index in [4.69, 9.17) is 16.3 Å². The molecule has 0 atom stereocenters. The smallest absolute Gasteiger partial charge is 0.341 e. The summed E-state index contributed by atoms with van der Waals surface area (Å²) in [5.74, 6) is 0.701. The molecular weight excluding hydrogens is 348 g/mol. The van der Waals surface area contributed by atoms with Gasteiger partial charge in [0.15, 0.2) is 0 Å². The van der Waals surface area contributed by atoms with E-state index in [2.05, 4.69) is 5.10 Å². The first kappa shape index (κ1) is 17.7. The molecule has 26 heavy (non-hydrogen) atoms. The van der Waals surface area contributed by atoms with Gasteiger partial charge in [0.05, 0.1) is 11.9 Å². The molecule has 0 radical (unpaired) electrons. The van der Waals surface area contributed by atoms with Crippen molar-refractivity contribution in [1.29, 1.82) is 0 Å². The molecule has 0 N–H and O–H groups in total. The van der Waals surface area contributed by atoms with Gasteiger partial charge in [-0.2, -0.15) is 10.1 Å². The molecule has 0 aromatic heterocycles. The highest BCUT2D eigenvalue weighted by atomic mass is 35.5. The number of carbonyl (C=O) groups is 1. The molecule has 130 valence electrons. The summed E-state index contributed by atoms with van der Waals surface area (Å²) in [6, 6.07) is 26.4. The van der Waals surface area contributed by atoms with Crippen molar-refractivity contribution in [2.75, 3.05) is 5.01 Å². The maximum atomic E-state index is 11.7. The molecule has 0 aliphatic carbocycles. The first-order valence-corrected chi connectivity index (χ1v) is 8.45. The van der Waals surface area contributed by atoms with Gasteiger partial charge in [-0.3, -0.25) is 4.79 Å². The van der Waals surface area contributed by atoms with Crippen LogP contribution in [0.3, 0.4) is 0 Å². The summed E-state index contributed by atoms with van der Waals surface area (Å²) >= 11 is 5.67. The number of nitrogens with zero attached hydrogens (tertiary/aromatic N) is 2. The van der Waals surface area contributed by atoms with Crippen molar-refractivity contribution >= 4 is 28.9 Å². The van der Waals surface area contributed by atoms with Crippen molar-refractivity contribution in [2.45, 2.75) is 6.61 Å². The van der Waals surface area contributed by atoms with Crippen molar-refractivity contribution in [1.82, 2.24) is 0 Å². The second-order valence-electron chi connectivity index (χ2n) is 5.49. The highest BCUT2D eigenvalue weighted by Gasteiger charge is 2.12. The monoisotopic (exact) mass is 364 g/mol. The van der Waals surface area contributed by atoms with Gasteiger partial charge in [0, 0.05) is 0 Å². The zero-order chi connectivity index (χ0) is 18.2. The molecule has 5 heteroatoms. The number of carbonyl (C=O) groups excluding carboxylic acids is 1. The Morgan fingerprint density at radius 2 is 1.54 bits per heavy atom. The van der Waals surface area contributed by atoms with Crippen molar-refractivity contribution in [2.24, 2.45) is 5.10 Å². The van der Waals surface area contributed by atoms with E-state index < -0.39 is 5.37 Å². The Morgan fingerprint density at radius 1 is 0.923 bits per heavy atom. The molecule has 0 saturated carbocycles. The van der Waals surface area contributed by atoms with Crippen LogP contribution in [0.25, 0.3) is 0 Å². The predicted octanol–water partition coefficient (Wildman–Crippen LogP) is 5.46. The lowest BCUT2D eigenvalue weighted by Crippen LogP contribution is -2.19. The third kappa shape index (κ3) is 4.94. The average molecular weight is 365 g/mol. The highest BCUT2D eigenvalue weighted by Crippen LogP contribution is 2.22. The lowest BCUT2D eigenvalue weighted by molar-refractivity contribution is 0.264. The first-order chi connectivity index (χ1) is 12.7. The number of anilines is 1. The van der Waals surface area contributed by atoms with Gasteiger partial charge in [0.25, 0.3) is 0 Å². The topological polar surface area (TPSA) is 41.9 Å². The maximum Gasteiger partial charge on any atom is 0.341 e. The van der Waals surface area contributed by atoms with Gasteiger partial charge >= 0.3 is 5.37 Å². The first-order valence-electron chi connectivity index (χ1n) is 8.08. The lowest BCUT2D eigenvalue weighted by Gasteiger charge is -2.14. The molecule has 0 heterocycles. The van der Waals surface area contributed by atoms with Crippen LogP contribution in [0.4, 0.5) is 10.5 Å². The molecule has 0 spiro atoms. The van der Waals surface area contributed by atoms with Crippen molar-refractivity contribution in [3.63, 3.8) is 0 Å². The van der Waals surface area contributed by atoms with Crippen LogP contribution in [0, 0.1) is 0 Å². The van der Waals surface area contributed by atoms with E-state index in [1.165, 1.54) is 0 Å². The Hall–Kier alpha value is -3.11. The summed E-state index contributed by atoms with van der Waals surface area (Å²) in [4.78, 5) is 11.7. The normalized spacial score (nSPS) is 10.7. The summed E-state index contributed by atoms with van der Waals surface area (Å²) in [6.45, 7) is 0.477. The van der Waals surface area contributed by atoms with Crippen LogP contribution >= 0.6 is 11.6 Å². The highest BCUT2D eigenvalue weighted by molar-refractivity contribution is 6.66. The summed E-state index contributed by atoms with van der Waals surface area (Å²) in [7, 11) is 0. The zero-order valence-corrected chi connectivity index (χ0v) is 14.7. The molecule has 3 aromatic rings. The Kier molecular flexibility index (Phi) is 6.01. The summed E-state index contributed by atoms with van der Waals surface area (Å²) < 4.78 is 5.74. The second-order valence-corrected chi connectivity index (χ2v) is 5.81. The number of halogens is 1. The van der Waals surface area contributed by atoms with E-state index in [-0.39, 0.29) is 0 Å². The van der Waals surface area contributed by atoms with Crippen LogP contribution in [-0.4, -0.2) is 11.6 Å². The summed E-state index contributed by atoms with van der Waals surface area (Å²) in [5, 5.41) is 4.62. The fraction of sp³-hybridized carbons (Fsp3) is 0.0476. The Labute approximate surface area is 157 Å². The van der Waals surface area contributed by atoms with Gasteiger partial charge in [-0.05, 0) is 47.0 Å². The number of hydrazone groups is 1. The van der Waals surface area contributed by atoms with Crippen molar-refractivity contribution < 1.29 is 9.53 Å². The van der Waals surface area contributed by atoms with Gasteiger partial charge in [-0.25, -0.2) is 0 Å². The fourth-order valence-corrected chi connectivity index (χ4v) is 2.44. The van der Waals surface area contributed by atoms with E-state index in [1.807, 2.05) is 60.7 Å². The number of hydrogen-bond acceptors (Lipinski definition) is 3. The molecule has 0 saturated heterocycles. The molecule has 4 nitrogen and oxygen atoms in total. The van der Waals surface area contributed by atoms with E-state index in [9.17, 15) is 4.79 Å². The zero-order valence-electron chi connectivity index (χ0n) is 14.0. The van der Waals surface area contributed by atoms with E-state index in [0.717, 1.165) is 16.1 Å².